The number of hydrogen-bond acceptors (Lipinski definition) is 9. The molecule has 2 heterocycles. The van der Waals surface area contributed by atoms with Crippen LogP contribution in [0.25, 0.3) is 0 Å². The van der Waals surface area contributed by atoms with Crippen molar-refractivity contribution in [1.82, 2.24) is 19.8 Å². The lowest BCUT2D eigenvalue weighted by Gasteiger charge is -2.34. The Kier molecular flexibility index (Phi) is 12.3. The molecule has 10 nitrogen and oxygen atoms in total. The number of hydrogen-bond donors (Lipinski definition) is 3. The topological polar surface area (TPSA) is 121 Å². The molecule has 0 radical (unpaired) electrons. The molecule has 1 aliphatic heterocycles. The van der Waals surface area contributed by atoms with E-state index in [1.165, 1.54) is 30.8 Å². The zero-order chi connectivity index (χ0) is 36.4. The van der Waals surface area contributed by atoms with Gasteiger partial charge in [-0.25, -0.2) is 18.8 Å². The van der Waals surface area contributed by atoms with E-state index >= 15 is 4.39 Å². The number of ether oxygens (including phenoxy) is 1. The number of nitrogens with two attached hydrogens (primary N) is 1. The molecule has 1 aliphatic rings. The van der Waals surface area contributed by atoms with Crippen LogP contribution in [0.1, 0.15) is 18.9 Å². The van der Waals surface area contributed by atoms with Crippen molar-refractivity contribution in [2.75, 3.05) is 49.9 Å². The van der Waals surface area contributed by atoms with Crippen LogP contribution < -0.4 is 21.1 Å². The van der Waals surface area contributed by atoms with Crippen molar-refractivity contribution in [3.05, 3.63) is 108 Å². The minimum atomic E-state index is -5.10. The highest BCUT2D eigenvalue weighted by molar-refractivity contribution is 6.27. The Morgan fingerprint density at radius 1 is 0.961 bits per heavy atom. The molecular weight excluding hydrogens is 671 g/mol. The van der Waals surface area contributed by atoms with E-state index in [2.05, 4.69) is 48.4 Å². The van der Waals surface area contributed by atoms with E-state index in [1.54, 1.807) is 0 Å². The summed E-state index contributed by atoms with van der Waals surface area (Å²) in [6.07, 6.45) is -1.17. The van der Waals surface area contributed by atoms with Gasteiger partial charge in [0.25, 0.3) is 5.91 Å². The quantitative estimate of drug-likeness (QED) is 0.0774. The summed E-state index contributed by atoms with van der Waals surface area (Å²) < 4.78 is 75.5. The molecule has 51 heavy (non-hydrogen) atoms. The van der Waals surface area contributed by atoms with Gasteiger partial charge < -0.3 is 30.9 Å². The van der Waals surface area contributed by atoms with E-state index < -0.39 is 35.0 Å². The van der Waals surface area contributed by atoms with Crippen molar-refractivity contribution < 1.29 is 31.5 Å². The van der Waals surface area contributed by atoms with Gasteiger partial charge in [0.05, 0.1) is 11.3 Å². The van der Waals surface area contributed by atoms with Crippen molar-refractivity contribution in [2.45, 2.75) is 25.9 Å². The van der Waals surface area contributed by atoms with Crippen LogP contribution >= 0.6 is 0 Å². The Labute approximate surface area is 291 Å². The number of alkyl halides is 3. The highest BCUT2D eigenvalue weighted by Gasteiger charge is 2.40. The Bertz CT molecular complexity index is 1860. The summed E-state index contributed by atoms with van der Waals surface area (Å²) in [6.45, 7) is 8.59. The van der Waals surface area contributed by atoms with Crippen molar-refractivity contribution >= 4 is 34.6 Å². The van der Waals surface area contributed by atoms with Crippen LogP contribution in [0.5, 0.6) is 11.6 Å². The first-order valence-electron chi connectivity index (χ1n) is 16.3. The van der Waals surface area contributed by atoms with Crippen LogP contribution in [-0.4, -0.2) is 76.8 Å². The third-order valence-corrected chi connectivity index (χ3v) is 7.94. The van der Waals surface area contributed by atoms with Crippen molar-refractivity contribution in [1.29, 1.82) is 0 Å². The predicted molar refractivity (Wildman–Crippen MR) is 186 cm³/mol. The van der Waals surface area contributed by atoms with Crippen molar-refractivity contribution in [3.63, 3.8) is 0 Å². The number of nitrogens with zero attached hydrogens (tertiary/aromatic N) is 5. The maximum atomic E-state index is 15.1. The number of benzene rings is 3. The number of rotatable bonds is 13. The maximum Gasteiger partial charge on any atom is 0.434 e. The molecule has 0 atom stereocenters. The van der Waals surface area contributed by atoms with Gasteiger partial charge in [0.2, 0.25) is 11.8 Å². The Balaban J connectivity index is 1.20. The summed E-state index contributed by atoms with van der Waals surface area (Å²) in [6, 6.07) is 16.5. The number of carbonyl (C=O) groups is 1. The molecule has 0 saturated carbocycles. The molecule has 268 valence electrons. The number of piperazine rings is 1. The number of aliphatic imine (C=N–C) groups is 1. The van der Waals surface area contributed by atoms with Gasteiger partial charge in [0.15, 0.2) is 17.3 Å². The summed E-state index contributed by atoms with van der Waals surface area (Å²) in [5, 5.41) is 5.32. The van der Waals surface area contributed by atoms with Gasteiger partial charge >= 0.3 is 6.18 Å². The molecule has 4 N–H and O–H groups in total. The van der Waals surface area contributed by atoms with Gasteiger partial charge in [-0.2, -0.15) is 18.2 Å². The Morgan fingerprint density at radius 2 is 1.69 bits per heavy atom. The van der Waals surface area contributed by atoms with E-state index in [9.17, 15) is 22.4 Å². The molecule has 0 spiro atoms. The first kappa shape index (κ1) is 36.9. The number of carbonyl (C=O) groups excluding carboxylic acids is 1. The van der Waals surface area contributed by atoms with Gasteiger partial charge in [-0.3, -0.25) is 4.79 Å². The zero-order valence-electron chi connectivity index (χ0n) is 27.8. The van der Waals surface area contributed by atoms with Gasteiger partial charge in [-0.05, 0) is 73.5 Å². The standard InChI is InChI=1S/C36H37F5N8O2/c1-2-15-48-17-19-49(20-18-48)16-13-24-4-3-5-27(21-24)46-35-43-14-12-32(47-35)51-31-11-10-28(22-30(31)38)45-34(50)29(23-42)33(36(39,40)41)44-26-8-6-25(37)7-9-26/h3-12,14,21-23H,2,13,15-20,42H2,1H3,(H,45,50)(H,43,46,47)/b29-23+,44-33?. The molecular formula is C36H37F5N8O2. The fraction of sp³-hybridized carbons (Fsp3) is 0.278. The molecule has 3 aromatic carbocycles. The minimum absolute atomic E-state index is 0.0155. The van der Waals surface area contributed by atoms with Crippen LogP contribution in [-0.2, 0) is 11.2 Å². The smallest absolute Gasteiger partial charge is 0.434 e. The number of halogens is 5. The fourth-order valence-corrected chi connectivity index (χ4v) is 5.39. The summed E-state index contributed by atoms with van der Waals surface area (Å²) in [7, 11) is 0. The SMILES string of the molecule is CCCN1CCN(CCc2cccc(Nc3nccc(Oc4ccc(NC(=O)/C(=C/N)C(=Nc5ccc(F)cc5)C(F)(F)F)cc4F)n3)c2)CC1. The largest absolute Gasteiger partial charge is 0.436 e. The molecule has 1 fully saturated rings. The van der Waals surface area contributed by atoms with Gasteiger partial charge in [-0.1, -0.05) is 19.1 Å². The van der Waals surface area contributed by atoms with Crippen LogP contribution in [0, 0.1) is 11.6 Å². The summed E-state index contributed by atoms with van der Waals surface area (Å²) in [4.78, 5) is 29.8. The number of nitrogens with one attached hydrogen (secondary N) is 2. The highest BCUT2D eigenvalue weighted by atomic mass is 19.4. The second kappa shape index (κ2) is 17.0. The maximum absolute atomic E-state index is 15.1. The monoisotopic (exact) mass is 708 g/mol. The number of amides is 1. The molecule has 0 bridgehead atoms. The third-order valence-electron chi connectivity index (χ3n) is 7.94. The lowest BCUT2D eigenvalue weighted by molar-refractivity contribution is -0.113. The third kappa shape index (κ3) is 10.5. The average Bonchev–Trinajstić information content (AvgIpc) is 3.10. The summed E-state index contributed by atoms with van der Waals surface area (Å²) >= 11 is 0. The first-order chi connectivity index (χ1) is 24.5. The molecule has 15 heteroatoms. The molecule has 5 rings (SSSR count). The van der Waals surface area contributed by atoms with Crippen LogP contribution in [0.4, 0.5) is 45.0 Å². The molecule has 1 saturated heterocycles. The Morgan fingerprint density at radius 3 is 2.35 bits per heavy atom. The summed E-state index contributed by atoms with van der Waals surface area (Å²) in [5.41, 5.74) is 4.22. The zero-order valence-corrected chi connectivity index (χ0v) is 27.8. The highest BCUT2D eigenvalue weighted by Crippen LogP contribution is 2.29. The second-order valence-electron chi connectivity index (χ2n) is 11.7. The predicted octanol–water partition coefficient (Wildman–Crippen LogP) is 6.98. The normalized spacial score (nSPS) is 14.7. The molecule has 0 unspecified atom stereocenters. The summed E-state index contributed by atoms with van der Waals surface area (Å²) in [5.74, 6) is -2.95. The van der Waals surface area contributed by atoms with Gasteiger partial charge in [0.1, 0.15) is 5.82 Å². The molecule has 0 aliphatic carbocycles. The molecule has 4 aromatic rings. The number of aromatic nitrogens is 2. The lowest BCUT2D eigenvalue weighted by atomic mass is 10.1. The van der Waals surface area contributed by atoms with E-state index in [0.717, 1.165) is 87.3 Å². The average molecular weight is 709 g/mol. The van der Waals surface area contributed by atoms with Gasteiger partial charge in [-0.15, -0.1) is 0 Å². The lowest BCUT2D eigenvalue weighted by Crippen LogP contribution is -2.46. The Hall–Kier alpha value is -5.41. The van der Waals surface area contributed by atoms with Crippen LogP contribution in [0.15, 0.2) is 95.8 Å². The van der Waals surface area contributed by atoms with Crippen LogP contribution in [0.2, 0.25) is 0 Å². The van der Waals surface area contributed by atoms with E-state index in [0.29, 0.717) is 6.20 Å². The first-order valence-corrected chi connectivity index (χ1v) is 16.3. The molecule has 1 aromatic heterocycles. The van der Waals surface area contributed by atoms with Gasteiger partial charge in [0, 0.05) is 68.6 Å². The van der Waals surface area contributed by atoms with E-state index in [1.807, 2.05) is 18.2 Å². The fourth-order valence-electron chi connectivity index (χ4n) is 5.39. The minimum Gasteiger partial charge on any atom is -0.436 e. The number of anilines is 3. The van der Waals surface area contributed by atoms with Crippen LogP contribution in [0.3, 0.4) is 0 Å². The second-order valence-corrected chi connectivity index (χ2v) is 11.7. The van der Waals surface area contributed by atoms with Crippen molar-refractivity contribution in [2.24, 2.45) is 10.7 Å². The van der Waals surface area contributed by atoms with Crippen molar-refractivity contribution in [3.8, 4) is 11.6 Å². The van der Waals surface area contributed by atoms with E-state index in [-0.39, 0.29) is 29.0 Å². The molecule has 1 amide bonds. The van der Waals surface area contributed by atoms with E-state index in [4.69, 9.17) is 10.5 Å².